The molecule has 3 aliphatic rings. The van der Waals surface area contributed by atoms with Crippen molar-refractivity contribution in [3.8, 4) is 0 Å². The standard InChI is InChI=1S/C17H18O6/c18-12-8-17(16(21)22-12)6-10(9-4-2-1-3-5-9)13-11(7-17)14(19)23-15(13)20/h1-5,10-14,18-19H,6-8H2. The number of cyclic esters (lactones) is 2. The van der Waals surface area contributed by atoms with Crippen LogP contribution in [0.3, 0.4) is 0 Å². The topological polar surface area (TPSA) is 93.1 Å². The maximum atomic E-state index is 12.3. The zero-order valence-corrected chi connectivity index (χ0v) is 12.4. The fourth-order valence-corrected chi connectivity index (χ4v) is 4.48. The molecule has 1 saturated carbocycles. The molecule has 6 atom stereocenters. The molecule has 122 valence electrons. The van der Waals surface area contributed by atoms with E-state index in [0.29, 0.717) is 12.8 Å². The lowest BCUT2D eigenvalue weighted by atomic mass is 9.59. The summed E-state index contributed by atoms with van der Waals surface area (Å²) in [5.41, 5.74) is 0.0672. The number of aliphatic hydroxyl groups is 2. The minimum absolute atomic E-state index is 0.194. The summed E-state index contributed by atoms with van der Waals surface area (Å²) in [5.74, 6) is -2.03. The smallest absolute Gasteiger partial charge is 0.314 e. The van der Waals surface area contributed by atoms with Gasteiger partial charge in [0, 0.05) is 12.3 Å². The summed E-state index contributed by atoms with van der Waals surface area (Å²) < 4.78 is 9.99. The molecule has 2 N–H and O–H groups in total. The average molecular weight is 318 g/mol. The van der Waals surface area contributed by atoms with E-state index in [0.717, 1.165) is 5.56 Å². The van der Waals surface area contributed by atoms with E-state index in [1.807, 2.05) is 30.3 Å². The second-order valence-corrected chi connectivity index (χ2v) is 6.79. The van der Waals surface area contributed by atoms with Gasteiger partial charge in [-0.2, -0.15) is 0 Å². The van der Waals surface area contributed by atoms with Crippen molar-refractivity contribution in [2.24, 2.45) is 17.3 Å². The highest BCUT2D eigenvalue weighted by Gasteiger charge is 2.61. The number of hydrogen-bond donors (Lipinski definition) is 2. The number of hydrogen-bond acceptors (Lipinski definition) is 6. The van der Waals surface area contributed by atoms with Crippen LogP contribution in [-0.2, 0) is 19.1 Å². The maximum absolute atomic E-state index is 12.3. The first kappa shape index (κ1) is 14.7. The van der Waals surface area contributed by atoms with Crippen LogP contribution in [-0.4, -0.2) is 34.7 Å². The Morgan fingerprint density at radius 2 is 1.74 bits per heavy atom. The van der Waals surface area contributed by atoms with Crippen molar-refractivity contribution in [3.05, 3.63) is 35.9 Å². The molecule has 1 aliphatic carbocycles. The molecule has 1 spiro atoms. The number of benzene rings is 1. The van der Waals surface area contributed by atoms with Crippen molar-refractivity contribution in [2.45, 2.75) is 37.8 Å². The third-order valence-corrected chi connectivity index (χ3v) is 5.48. The average Bonchev–Trinajstić information content (AvgIpc) is 2.96. The summed E-state index contributed by atoms with van der Waals surface area (Å²) >= 11 is 0. The van der Waals surface area contributed by atoms with Crippen LogP contribution in [0.4, 0.5) is 0 Å². The molecule has 6 unspecified atom stereocenters. The molecule has 0 aromatic heterocycles. The fraction of sp³-hybridized carbons (Fsp3) is 0.529. The Morgan fingerprint density at radius 3 is 2.39 bits per heavy atom. The Balaban J connectivity index is 1.76. The van der Waals surface area contributed by atoms with Gasteiger partial charge >= 0.3 is 11.9 Å². The van der Waals surface area contributed by atoms with Crippen LogP contribution < -0.4 is 0 Å². The molecule has 3 fully saturated rings. The normalized spacial score (nSPS) is 42.4. The van der Waals surface area contributed by atoms with E-state index in [1.165, 1.54) is 0 Å². The molecule has 1 aromatic carbocycles. The second kappa shape index (κ2) is 5.04. The van der Waals surface area contributed by atoms with Crippen molar-refractivity contribution in [2.75, 3.05) is 0 Å². The Morgan fingerprint density at radius 1 is 1.00 bits per heavy atom. The molecule has 0 amide bonds. The van der Waals surface area contributed by atoms with E-state index < -0.39 is 41.8 Å². The van der Waals surface area contributed by atoms with Crippen LogP contribution in [0.2, 0.25) is 0 Å². The molecule has 1 aromatic rings. The van der Waals surface area contributed by atoms with E-state index in [4.69, 9.17) is 9.47 Å². The Kier molecular flexibility index (Phi) is 3.21. The van der Waals surface area contributed by atoms with Gasteiger partial charge in [-0.3, -0.25) is 9.59 Å². The van der Waals surface area contributed by atoms with Gasteiger partial charge in [-0.1, -0.05) is 30.3 Å². The zero-order chi connectivity index (χ0) is 16.2. The summed E-state index contributed by atoms with van der Waals surface area (Å²) in [6.07, 6.45) is -1.43. The van der Waals surface area contributed by atoms with E-state index in [1.54, 1.807) is 0 Å². The minimum Gasteiger partial charge on any atom is -0.436 e. The van der Waals surface area contributed by atoms with Gasteiger partial charge in [-0.25, -0.2) is 0 Å². The number of esters is 2. The predicted molar refractivity (Wildman–Crippen MR) is 76.6 cm³/mol. The Bertz CT molecular complexity index is 644. The first-order chi connectivity index (χ1) is 11.0. The summed E-state index contributed by atoms with van der Waals surface area (Å²) in [4.78, 5) is 24.5. The Hall–Kier alpha value is -1.92. The highest BCUT2D eigenvalue weighted by molar-refractivity contribution is 5.82. The summed E-state index contributed by atoms with van der Waals surface area (Å²) in [6, 6.07) is 9.47. The molecular formula is C17H18O6. The van der Waals surface area contributed by atoms with Gasteiger partial charge < -0.3 is 19.7 Å². The van der Waals surface area contributed by atoms with Gasteiger partial charge in [0.2, 0.25) is 12.6 Å². The number of aliphatic hydroxyl groups excluding tert-OH is 2. The monoisotopic (exact) mass is 318 g/mol. The van der Waals surface area contributed by atoms with E-state index in [9.17, 15) is 19.8 Å². The summed E-state index contributed by atoms with van der Waals surface area (Å²) in [6.45, 7) is 0. The van der Waals surface area contributed by atoms with Crippen LogP contribution in [0.1, 0.15) is 30.7 Å². The van der Waals surface area contributed by atoms with Gasteiger partial charge in [-0.05, 0) is 24.3 Å². The largest absolute Gasteiger partial charge is 0.436 e. The van der Waals surface area contributed by atoms with Gasteiger partial charge in [0.05, 0.1) is 11.3 Å². The van der Waals surface area contributed by atoms with Crippen molar-refractivity contribution >= 4 is 11.9 Å². The molecule has 2 heterocycles. The molecular weight excluding hydrogens is 300 g/mol. The van der Waals surface area contributed by atoms with Gasteiger partial charge in [0.1, 0.15) is 0 Å². The van der Waals surface area contributed by atoms with Crippen molar-refractivity contribution in [3.63, 3.8) is 0 Å². The van der Waals surface area contributed by atoms with Gasteiger partial charge in [0.15, 0.2) is 0 Å². The van der Waals surface area contributed by atoms with E-state index >= 15 is 0 Å². The van der Waals surface area contributed by atoms with Gasteiger partial charge in [0.25, 0.3) is 0 Å². The number of rotatable bonds is 1. The SMILES string of the molecule is O=C1OC(O)C2CC3(CC(O)OC3=O)CC(c3ccccc3)C12. The van der Waals surface area contributed by atoms with Crippen LogP contribution in [0.25, 0.3) is 0 Å². The molecule has 23 heavy (non-hydrogen) atoms. The third-order valence-electron chi connectivity index (χ3n) is 5.48. The molecule has 0 bridgehead atoms. The van der Waals surface area contributed by atoms with E-state index in [2.05, 4.69) is 0 Å². The molecule has 4 rings (SSSR count). The quantitative estimate of drug-likeness (QED) is 0.748. The predicted octanol–water partition coefficient (Wildman–Crippen LogP) is 0.923. The van der Waals surface area contributed by atoms with Crippen molar-refractivity contribution < 1.29 is 29.3 Å². The lowest BCUT2D eigenvalue weighted by Gasteiger charge is -2.41. The maximum Gasteiger partial charge on any atom is 0.314 e. The zero-order valence-electron chi connectivity index (χ0n) is 12.4. The molecule has 6 nitrogen and oxygen atoms in total. The number of fused-ring (bicyclic) bond motifs is 1. The third kappa shape index (κ3) is 2.16. The summed E-state index contributed by atoms with van der Waals surface area (Å²) in [7, 11) is 0. The lowest BCUT2D eigenvalue weighted by molar-refractivity contribution is -0.161. The summed E-state index contributed by atoms with van der Waals surface area (Å²) in [5, 5.41) is 19.8. The molecule has 2 saturated heterocycles. The molecule has 2 aliphatic heterocycles. The number of carbonyl (C=O) groups excluding carboxylic acids is 2. The van der Waals surface area contributed by atoms with Crippen LogP contribution in [0.15, 0.2) is 30.3 Å². The van der Waals surface area contributed by atoms with Gasteiger partial charge in [-0.15, -0.1) is 0 Å². The molecule has 6 heteroatoms. The van der Waals surface area contributed by atoms with Crippen molar-refractivity contribution in [1.29, 1.82) is 0 Å². The van der Waals surface area contributed by atoms with E-state index in [-0.39, 0.29) is 12.3 Å². The number of carbonyl (C=O) groups is 2. The number of ether oxygens (including phenoxy) is 2. The highest BCUT2D eigenvalue weighted by Crippen LogP contribution is 2.57. The second-order valence-electron chi connectivity index (χ2n) is 6.79. The first-order valence-corrected chi connectivity index (χ1v) is 7.83. The van der Waals surface area contributed by atoms with Crippen LogP contribution >= 0.6 is 0 Å². The first-order valence-electron chi connectivity index (χ1n) is 7.83. The highest BCUT2D eigenvalue weighted by atomic mass is 16.6. The fourth-order valence-electron chi connectivity index (χ4n) is 4.48. The molecule has 0 radical (unpaired) electrons. The van der Waals surface area contributed by atoms with Crippen LogP contribution in [0, 0.1) is 17.3 Å². The van der Waals surface area contributed by atoms with Crippen LogP contribution in [0.5, 0.6) is 0 Å². The van der Waals surface area contributed by atoms with Crippen molar-refractivity contribution in [1.82, 2.24) is 0 Å². The Labute approximate surface area is 133 Å². The minimum atomic E-state index is -1.21. The lowest BCUT2D eigenvalue weighted by Crippen LogP contribution is -2.43.